The van der Waals surface area contributed by atoms with E-state index in [1.54, 1.807) is 5.56 Å². The van der Waals surface area contributed by atoms with Crippen LogP contribution in [0.5, 0.6) is 0 Å². The lowest BCUT2D eigenvalue weighted by Gasteiger charge is -2.23. The van der Waals surface area contributed by atoms with Gasteiger partial charge in [0.2, 0.25) is 0 Å². The van der Waals surface area contributed by atoms with E-state index in [1.165, 1.54) is 26.8 Å². The van der Waals surface area contributed by atoms with Gasteiger partial charge < -0.3 is 0 Å². The second kappa shape index (κ2) is 3.10. The quantitative estimate of drug-likeness (QED) is 0.638. The molecule has 0 saturated heterocycles. The molecule has 2 aliphatic rings. The van der Waals surface area contributed by atoms with Gasteiger partial charge in [-0.25, -0.2) is 0 Å². The van der Waals surface area contributed by atoms with Gasteiger partial charge >= 0.3 is 0 Å². The van der Waals surface area contributed by atoms with Crippen molar-refractivity contribution < 1.29 is 0 Å². The molecule has 0 amide bonds. The Morgan fingerprint density at radius 2 is 2.12 bits per heavy atom. The van der Waals surface area contributed by atoms with Crippen molar-refractivity contribution in [3.05, 3.63) is 58.0 Å². The molecule has 0 radical (unpaired) electrons. The summed E-state index contributed by atoms with van der Waals surface area (Å²) in [5.41, 5.74) is 2.94. The summed E-state index contributed by atoms with van der Waals surface area (Å²) in [5.74, 6) is 0.591. The van der Waals surface area contributed by atoms with Crippen molar-refractivity contribution in [2.45, 2.75) is 19.3 Å². The Bertz CT molecular complexity index is 776. The van der Waals surface area contributed by atoms with Crippen LogP contribution in [0.3, 0.4) is 0 Å². The predicted octanol–water partition coefficient (Wildman–Crippen LogP) is 2.77. The summed E-state index contributed by atoms with van der Waals surface area (Å²) in [5, 5.41) is 5.75. The highest BCUT2D eigenvalue weighted by Crippen LogP contribution is 2.30. The van der Waals surface area contributed by atoms with Crippen molar-refractivity contribution in [2.24, 2.45) is 0 Å². The Hall–Kier alpha value is -1.82. The second-order valence-electron chi connectivity index (χ2n) is 5.06. The van der Waals surface area contributed by atoms with Crippen LogP contribution in [0.15, 0.2) is 36.4 Å². The molecule has 1 atom stereocenters. The third kappa shape index (κ3) is 1.13. The summed E-state index contributed by atoms with van der Waals surface area (Å²) in [6.07, 6.45) is 10.3. The summed E-state index contributed by atoms with van der Waals surface area (Å²) in [7, 11) is 0. The third-order valence-electron chi connectivity index (χ3n) is 4.06. The topological polar surface area (TPSA) is 0 Å². The van der Waals surface area contributed by atoms with E-state index in [-0.39, 0.29) is 0 Å². The molecule has 2 aliphatic carbocycles. The van der Waals surface area contributed by atoms with Gasteiger partial charge in [0.05, 0.1) is 0 Å². The van der Waals surface area contributed by atoms with Crippen LogP contribution >= 0.6 is 0 Å². The second-order valence-corrected chi connectivity index (χ2v) is 5.06. The highest BCUT2D eigenvalue weighted by Gasteiger charge is 2.19. The Labute approximate surface area is 101 Å². The van der Waals surface area contributed by atoms with Crippen molar-refractivity contribution in [3.63, 3.8) is 0 Å². The van der Waals surface area contributed by atoms with E-state index in [1.807, 2.05) is 0 Å². The molecule has 0 saturated carbocycles. The molecule has 4 rings (SSSR count). The van der Waals surface area contributed by atoms with E-state index in [0.717, 1.165) is 6.42 Å². The average Bonchev–Trinajstić information content (AvgIpc) is 2.37. The summed E-state index contributed by atoms with van der Waals surface area (Å²) in [6, 6.07) is 9.01. The van der Waals surface area contributed by atoms with Gasteiger partial charge in [0.1, 0.15) is 0 Å². The normalized spacial score (nSPS) is 19.9. The molecular weight excluding hydrogens is 204 g/mol. The maximum Gasteiger partial charge on any atom is 0.00682 e. The Kier molecular flexibility index (Phi) is 1.69. The third-order valence-corrected chi connectivity index (χ3v) is 4.06. The zero-order chi connectivity index (χ0) is 11.4. The first-order valence-corrected chi connectivity index (χ1v) is 6.25. The summed E-state index contributed by atoms with van der Waals surface area (Å²) < 4.78 is 0. The molecule has 17 heavy (non-hydrogen) atoms. The minimum Gasteiger partial charge on any atom is -0.0766 e. The first kappa shape index (κ1) is 9.23. The van der Waals surface area contributed by atoms with Crippen LogP contribution in [-0.2, 0) is 0 Å². The molecule has 0 nitrogen and oxygen atoms in total. The molecule has 82 valence electrons. The maximum absolute atomic E-state index is 2.39. The molecule has 2 aromatic carbocycles. The molecule has 0 heterocycles. The van der Waals surface area contributed by atoms with Crippen molar-refractivity contribution >= 4 is 22.9 Å². The lowest BCUT2D eigenvalue weighted by Crippen LogP contribution is -2.23. The van der Waals surface area contributed by atoms with Crippen LogP contribution in [0, 0.1) is 6.92 Å². The van der Waals surface area contributed by atoms with Gasteiger partial charge in [-0.3, -0.25) is 0 Å². The van der Waals surface area contributed by atoms with E-state index >= 15 is 0 Å². The van der Waals surface area contributed by atoms with Crippen LogP contribution in [0.2, 0.25) is 0 Å². The van der Waals surface area contributed by atoms with Gasteiger partial charge in [-0.1, -0.05) is 48.6 Å². The molecule has 0 aromatic heterocycles. The van der Waals surface area contributed by atoms with Crippen molar-refractivity contribution in [2.75, 3.05) is 0 Å². The Morgan fingerprint density at radius 1 is 1.18 bits per heavy atom. The highest BCUT2D eigenvalue weighted by atomic mass is 14.2. The molecule has 0 bridgehead atoms. The monoisotopic (exact) mass is 218 g/mol. The van der Waals surface area contributed by atoms with E-state index < -0.39 is 0 Å². The molecule has 0 heteroatoms. The van der Waals surface area contributed by atoms with Crippen molar-refractivity contribution in [1.82, 2.24) is 0 Å². The van der Waals surface area contributed by atoms with Gasteiger partial charge in [0, 0.05) is 5.92 Å². The number of allylic oxidation sites excluding steroid dienone is 2. The summed E-state index contributed by atoms with van der Waals surface area (Å²) in [6.45, 7) is 2.22. The lowest BCUT2D eigenvalue weighted by molar-refractivity contribution is 0.877. The number of rotatable bonds is 0. The zero-order valence-corrected chi connectivity index (χ0v) is 9.90. The maximum atomic E-state index is 2.39. The Balaban J connectivity index is 2.38. The zero-order valence-electron chi connectivity index (χ0n) is 9.90. The number of benzene rings is 2. The summed E-state index contributed by atoms with van der Waals surface area (Å²) >= 11 is 0. The molecule has 1 unspecified atom stereocenters. The minimum atomic E-state index is 0.591. The van der Waals surface area contributed by atoms with Crippen LogP contribution in [0.4, 0.5) is 0 Å². The largest absolute Gasteiger partial charge is 0.0766 e. The lowest BCUT2D eigenvalue weighted by atomic mass is 9.81. The standard InChI is InChI=1S/C17H14/c1-11-10-14-6-2-4-12-8-9-13-5-3-7-15(11)17(13)16(12)14/h2-7,9-10,12H,8H2,1H3. The average molecular weight is 218 g/mol. The fraction of sp³-hybridized carbons (Fsp3) is 0.176. The fourth-order valence-corrected chi connectivity index (χ4v) is 3.28. The molecule has 2 aromatic rings. The Morgan fingerprint density at radius 3 is 3.06 bits per heavy atom. The van der Waals surface area contributed by atoms with Crippen LogP contribution in [0.25, 0.3) is 22.9 Å². The fourth-order valence-electron chi connectivity index (χ4n) is 3.28. The van der Waals surface area contributed by atoms with E-state index in [9.17, 15) is 0 Å². The molecule has 0 spiro atoms. The molecule has 0 N–H and O–H groups in total. The van der Waals surface area contributed by atoms with Crippen LogP contribution in [0.1, 0.15) is 23.5 Å². The SMILES string of the molecule is Cc1cc2c3c4c(cccc14)=CCC3C=CC=2. The van der Waals surface area contributed by atoms with Crippen LogP contribution in [-0.4, -0.2) is 0 Å². The van der Waals surface area contributed by atoms with E-state index in [0.29, 0.717) is 5.92 Å². The van der Waals surface area contributed by atoms with Crippen LogP contribution < -0.4 is 10.4 Å². The molecule has 0 aliphatic heterocycles. The van der Waals surface area contributed by atoms with E-state index in [4.69, 9.17) is 0 Å². The van der Waals surface area contributed by atoms with Gasteiger partial charge in [-0.05, 0) is 45.7 Å². The van der Waals surface area contributed by atoms with E-state index in [2.05, 4.69) is 55.5 Å². The number of hydrogen-bond acceptors (Lipinski definition) is 0. The predicted molar refractivity (Wildman–Crippen MR) is 73.4 cm³/mol. The summed E-state index contributed by atoms with van der Waals surface area (Å²) in [4.78, 5) is 0. The first-order valence-electron chi connectivity index (χ1n) is 6.25. The van der Waals surface area contributed by atoms with Gasteiger partial charge in [0.25, 0.3) is 0 Å². The van der Waals surface area contributed by atoms with Gasteiger partial charge in [-0.15, -0.1) is 0 Å². The number of aryl methyl sites for hydroxylation is 1. The van der Waals surface area contributed by atoms with Gasteiger partial charge in [-0.2, -0.15) is 0 Å². The molecular formula is C17H14. The smallest absolute Gasteiger partial charge is 0.00682 e. The van der Waals surface area contributed by atoms with Crippen molar-refractivity contribution in [1.29, 1.82) is 0 Å². The van der Waals surface area contributed by atoms with Crippen molar-refractivity contribution in [3.8, 4) is 0 Å². The first-order chi connectivity index (χ1) is 8.34. The number of hydrogen-bond donors (Lipinski definition) is 0. The molecule has 0 fully saturated rings. The van der Waals surface area contributed by atoms with Gasteiger partial charge in [0.15, 0.2) is 0 Å². The minimum absolute atomic E-state index is 0.591. The highest BCUT2D eigenvalue weighted by molar-refractivity contribution is 5.92.